The summed E-state index contributed by atoms with van der Waals surface area (Å²) in [5.74, 6) is 1.50. The van der Waals surface area contributed by atoms with Crippen LogP contribution >= 0.6 is 11.8 Å². The van der Waals surface area contributed by atoms with Crippen molar-refractivity contribution < 1.29 is 9.59 Å². The quantitative estimate of drug-likeness (QED) is 0.899. The van der Waals surface area contributed by atoms with Crippen molar-refractivity contribution in [3.05, 3.63) is 30.5 Å². The Balaban J connectivity index is 1.50. The van der Waals surface area contributed by atoms with Crippen LogP contribution in [0.25, 0.3) is 10.9 Å². The van der Waals surface area contributed by atoms with Crippen molar-refractivity contribution in [2.75, 3.05) is 16.9 Å². The Morgan fingerprint density at radius 1 is 1.21 bits per heavy atom. The summed E-state index contributed by atoms with van der Waals surface area (Å²) >= 11 is 1.66. The third-order valence-electron chi connectivity index (χ3n) is 5.03. The molecular weight excluding hydrogens is 322 g/mol. The van der Waals surface area contributed by atoms with E-state index in [2.05, 4.69) is 10.3 Å². The molecule has 0 spiro atoms. The van der Waals surface area contributed by atoms with Gasteiger partial charge in [0.2, 0.25) is 11.8 Å². The molecule has 1 aromatic heterocycles. The molecule has 0 radical (unpaired) electrons. The summed E-state index contributed by atoms with van der Waals surface area (Å²) < 4.78 is 0. The van der Waals surface area contributed by atoms with Gasteiger partial charge in [-0.25, -0.2) is 0 Å². The second-order valence-corrected chi connectivity index (χ2v) is 7.54. The van der Waals surface area contributed by atoms with Gasteiger partial charge in [0.1, 0.15) is 6.04 Å². The molecule has 1 saturated heterocycles. The molecule has 2 heterocycles. The maximum atomic E-state index is 12.8. The lowest BCUT2D eigenvalue weighted by Crippen LogP contribution is -2.46. The number of fused-ring (bicyclic) bond motifs is 1. The molecule has 2 aromatic rings. The van der Waals surface area contributed by atoms with Crippen molar-refractivity contribution in [2.24, 2.45) is 5.92 Å². The Labute approximate surface area is 145 Å². The van der Waals surface area contributed by atoms with Gasteiger partial charge in [0.15, 0.2) is 0 Å². The first-order valence-electron chi connectivity index (χ1n) is 8.49. The SMILES string of the molecule is O=C(Nc1cccc2[nH]ccc12)C1CSCN1C(=O)C1CCCC1. The van der Waals surface area contributed by atoms with Gasteiger partial charge in [-0.05, 0) is 31.0 Å². The van der Waals surface area contributed by atoms with Gasteiger partial charge in [-0.3, -0.25) is 9.59 Å². The highest BCUT2D eigenvalue weighted by Gasteiger charge is 2.38. The monoisotopic (exact) mass is 343 g/mol. The molecule has 2 aliphatic rings. The molecular formula is C18H21N3O2S. The van der Waals surface area contributed by atoms with Crippen LogP contribution in [0, 0.1) is 5.92 Å². The van der Waals surface area contributed by atoms with Crippen LogP contribution in [-0.2, 0) is 9.59 Å². The highest BCUT2D eigenvalue weighted by molar-refractivity contribution is 7.99. The molecule has 24 heavy (non-hydrogen) atoms. The molecule has 2 fully saturated rings. The van der Waals surface area contributed by atoms with Crippen molar-refractivity contribution >= 4 is 40.2 Å². The summed E-state index contributed by atoms with van der Waals surface area (Å²) in [6.45, 7) is 0. The number of nitrogens with one attached hydrogen (secondary N) is 2. The predicted octanol–water partition coefficient (Wildman–Crippen LogP) is 3.20. The zero-order valence-electron chi connectivity index (χ0n) is 13.5. The van der Waals surface area contributed by atoms with Crippen molar-refractivity contribution in [3.63, 3.8) is 0 Å². The molecule has 1 unspecified atom stereocenters. The Kier molecular flexibility index (Phi) is 4.22. The largest absolute Gasteiger partial charge is 0.361 e. The lowest BCUT2D eigenvalue weighted by molar-refractivity contribution is -0.139. The Morgan fingerprint density at radius 2 is 2.04 bits per heavy atom. The number of anilines is 1. The van der Waals surface area contributed by atoms with Crippen LogP contribution in [0.1, 0.15) is 25.7 Å². The van der Waals surface area contributed by atoms with E-state index in [4.69, 9.17) is 0 Å². The molecule has 1 aliphatic carbocycles. The topological polar surface area (TPSA) is 65.2 Å². The summed E-state index contributed by atoms with van der Waals surface area (Å²) in [6.07, 6.45) is 6.06. The minimum absolute atomic E-state index is 0.0833. The van der Waals surface area contributed by atoms with Crippen LogP contribution in [0.15, 0.2) is 30.5 Å². The van der Waals surface area contributed by atoms with E-state index in [1.54, 1.807) is 16.7 Å². The fourth-order valence-corrected chi connectivity index (χ4v) is 4.86. The molecule has 1 aliphatic heterocycles. The summed E-state index contributed by atoms with van der Waals surface area (Å²) in [4.78, 5) is 30.4. The van der Waals surface area contributed by atoms with Gasteiger partial charge in [0, 0.05) is 28.8 Å². The summed E-state index contributed by atoms with van der Waals surface area (Å²) in [5, 5.41) is 4.01. The van der Waals surface area contributed by atoms with E-state index in [0.29, 0.717) is 11.6 Å². The maximum absolute atomic E-state index is 12.8. The molecule has 2 amide bonds. The Hall–Kier alpha value is -1.95. The smallest absolute Gasteiger partial charge is 0.248 e. The van der Waals surface area contributed by atoms with E-state index in [9.17, 15) is 9.59 Å². The van der Waals surface area contributed by atoms with E-state index < -0.39 is 0 Å². The number of thioether (sulfide) groups is 1. The summed E-state index contributed by atoms with van der Waals surface area (Å²) in [7, 11) is 0. The standard InChI is InChI=1S/C18H21N3O2S/c22-17(20-15-7-3-6-14-13(15)8-9-19-14)16-10-24-11-21(16)18(23)12-4-1-2-5-12/h3,6-9,12,16,19H,1-2,4-5,10-11H2,(H,20,22). The van der Waals surface area contributed by atoms with Gasteiger partial charge < -0.3 is 15.2 Å². The fraction of sp³-hybridized carbons (Fsp3) is 0.444. The third-order valence-corrected chi connectivity index (χ3v) is 6.04. The lowest BCUT2D eigenvalue weighted by Gasteiger charge is -2.25. The van der Waals surface area contributed by atoms with Crippen LogP contribution in [0.2, 0.25) is 0 Å². The predicted molar refractivity (Wildman–Crippen MR) is 96.8 cm³/mol. The number of rotatable bonds is 3. The van der Waals surface area contributed by atoms with Crippen molar-refractivity contribution in [1.82, 2.24) is 9.88 Å². The van der Waals surface area contributed by atoms with Crippen LogP contribution in [0.5, 0.6) is 0 Å². The van der Waals surface area contributed by atoms with Gasteiger partial charge in [-0.2, -0.15) is 0 Å². The van der Waals surface area contributed by atoms with Crippen LogP contribution < -0.4 is 5.32 Å². The van der Waals surface area contributed by atoms with Crippen molar-refractivity contribution in [3.8, 4) is 0 Å². The van der Waals surface area contributed by atoms with Crippen LogP contribution in [-0.4, -0.2) is 39.4 Å². The van der Waals surface area contributed by atoms with Gasteiger partial charge in [-0.15, -0.1) is 11.8 Å². The van der Waals surface area contributed by atoms with Crippen molar-refractivity contribution in [2.45, 2.75) is 31.7 Å². The average Bonchev–Trinajstić information content (AvgIpc) is 3.33. The number of benzene rings is 1. The maximum Gasteiger partial charge on any atom is 0.248 e. The Bertz CT molecular complexity index is 766. The molecule has 5 nitrogen and oxygen atoms in total. The van der Waals surface area contributed by atoms with E-state index in [0.717, 1.165) is 42.3 Å². The first kappa shape index (κ1) is 15.6. The molecule has 4 rings (SSSR count). The average molecular weight is 343 g/mol. The number of H-pyrrole nitrogens is 1. The number of amides is 2. The summed E-state index contributed by atoms with van der Waals surface area (Å²) in [6, 6.07) is 7.39. The van der Waals surface area contributed by atoms with Gasteiger partial charge in [0.05, 0.1) is 11.6 Å². The summed E-state index contributed by atoms with van der Waals surface area (Å²) in [5.41, 5.74) is 1.79. The minimum Gasteiger partial charge on any atom is -0.361 e. The number of carbonyl (C=O) groups is 2. The van der Waals surface area contributed by atoms with Gasteiger partial charge in [-0.1, -0.05) is 18.9 Å². The number of aromatic amines is 1. The fourth-order valence-electron chi connectivity index (χ4n) is 3.69. The van der Waals surface area contributed by atoms with Gasteiger partial charge in [0.25, 0.3) is 0 Å². The van der Waals surface area contributed by atoms with Crippen molar-refractivity contribution in [1.29, 1.82) is 0 Å². The highest BCUT2D eigenvalue weighted by Crippen LogP contribution is 2.31. The Morgan fingerprint density at radius 3 is 2.88 bits per heavy atom. The number of nitrogens with zero attached hydrogens (tertiary/aromatic N) is 1. The molecule has 1 aromatic carbocycles. The number of aromatic nitrogens is 1. The number of hydrogen-bond donors (Lipinski definition) is 2. The molecule has 1 atom stereocenters. The minimum atomic E-state index is -0.364. The molecule has 0 bridgehead atoms. The first-order chi connectivity index (χ1) is 11.7. The normalized spacial score (nSPS) is 21.5. The second-order valence-electron chi connectivity index (χ2n) is 6.54. The third kappa shape index (κ3) is 2.79. The molecule has 2 N–H and O–H groups in total. The second kappa shape index (κ2) is 6.51. The van der Waals surface area contributed by atoms with E-state index >= 15 is 0 Å². The highest BCUT2D eigenvalue weighted by atomic mass is 32.2. The number of hydrogen-bond acceptors (Lipinski definition) is 3. The lowest BCUT2D eigenvalue weighted by atomic mass is 10.1. The van der Waals surface area contributed by atoms with E-state index in [1.807, 2.05) is 30.5 Å². The van der Waals surface area contributed by atoms with E-state index in [1.165, 1.54) is 0 Å². The zero-order valence-corrected chi connectivity index (χ0v) is 14.3. The first-order valence-corrected chi connectivity index (χ1v) is 9.65. The molecule has 1 saturated carbocycles. The number of carbonyl (C=O) groups excluding carboxylic acids is 2. The van der Waals surface area contributed by atoms with E-state index in [-0.39, 0.29) is 23.8 Å². The molecule has 126 valence electrons. The van der Waals surface area contributed by atoms with Crippen LogP contribution in [0.4, 0.5) is 5.69 Å². The van der Waals surface area contributed by atoms with Gasteiger partial charge >= 0.3 is 0 Å². The van der Waals surface area contributed by atoms with Crippen LogP contribution in [0.3, 0.4) is 0 Å². The molecule has 6 heteroatoms. The zero-order chi connectivity index (χ0) is 16.5.